The van der Waals surface area contributed by atoms with E-state index in [9.17, 15) is 8.42 Å². The number of hydrogen-bond acceptors (Lipinski definition) is 4. The quantitative estimate of drug-likeness (QED) is 0.660. The molecule has 5 nitrogen and oxygen atoms in total. The van der Waals surface area contributed by atoms with Crippen molar-refractivity contribution in [2.24, 2.45) is 5.73 Å². The first-order valence-electron chi connectivity index (χ1n) is 4.74. The lowest BCUT2D eigenvalue weighted by Gasteiger charge is -2.12. The maximum absolute atomic E-state index is 11.5. The Balaban J connectivity index is 2.45. The molecule has 0 amide bonds. The van der Waals surface area contributed by atoms with E-state index in [2.05, 4.69) is 16.9 Å². The molecule has 15 heavy (non-hydrogen) atoms. The van der Waals surface area contributed by atoms with Crippen LogP contribution in [0.25, 0.3) is 0 Å². The number of sulfonamides is 1. The molecule has 1 rings (SSSR count). The summed E-state index contributed by atoms with van der Waals surface area (Å²) in [6, 6.07) is -0.0469. The molecule has 0 bridgehead atoms. The van der Waals surface area contributed by atoms with E-state index in [1.165, 1.54) is 0 Å². The third-order valence-corrected chi connectivity index (χ3v) is 4.11. The first-order chi connectivity index (χ1) is 6.93. The van der Waals surface area contributed by atoms with Gasteiger partial charge in [-0.2, -0.15) is 0 Å². The summed E-state index contributed by atoms with van der Waals surface area (Å²) in [5.74, 6) is -0.281. The van der Waals surface area contributed by atoms with Crippen LogP contribution in [0.5, 0.6) is 0 Å². The Bertz CT molecular complexity index is 329. The van der Waals surface area contributed by atoms with Crippen LogP contribution in [0.15, 0.2) is 0 Å². The van der Waals surface area contributed by atoms with Gasteiger partial charge in [-0.05, 0) is 19.3 Å². The summed E-state index contributed by atoms with van der Waals surface area (Å²) in [4.78, 5) is -0.0104. The summed E-state index contributed by atoms with van der Waals surface area (Å²) in [5.41, 5.74) is 5.19. The van der Waals surface area contributed by atoms with Gasteiger partial charge in [0.1, 0.15) is 5.75 Å². The summed E-state index contributed by atoms with van der Waals surface area (Å²) in [5, 5.41) is 0. The second-order valence-corrected chi connectivity index (χ2v) is 5.99. The molecule has 1 saturated carbocycles. The van der Waals surface area contributed by atoms with Crippen molar-refractivity contribution in [3.05, 3.63) is 0 Å². The fraction of sp³-hybridized carbons (Fsp3) is 0.875. The van der Waals surface area contributed by atoms with Crippen molar-refractivity contribution >= 4 is 27.2 Å². The molecular formula is C8H16N2O3S2. The van der Waals surface area contributed by atoms with Gasteiger partial charge in [0.2, 0.25) is 10.0 Å². The maximum Gasteiger partial charge on any atom is 0.218 e. The van der Waals surface area contributed by atoms with Crippen LogP contribution < -0.4 is 10.5 Å². The highest BCUT2D eigenvalue weighted by atomic mass is 32.2. The average Bonchev–Trinajstić information content (AvgIpc) is 2.48. The number of ether oxygens (including phenoxy) is 1. The molecule has 1 aliphatic rings. The standard InChI is InChI=1S/C8H16N2O3S2/c1-13-7-3-2-6(4-7)10-15(11,12)5-8(9)14/h6-7,10H,2-5H2,1H3,(H2,9,14). The van der Waals surface area contributed by atoms with E-state index in [1.54, 1.807) is 7.11 Å². The Hall–Kier alpha value is -0.240. The Morgan fingerprint density at radius 1 is 1.60 bits per heavy atom. The summed E-state index contributed by atoms with van der Waals surface area (Å²) in [6.07, 6.45) is 2.56. The zero-order valence-corrected chi connectivity index (χ0v) is 10.2. The number of nitrogens with two attached hydrogens (primary N) is 1. The van der Waals surface area contributed by atoms with Crippen LogP contribution in [-0.2, 0) is 14.8 Å². The molecule has 0 aromatic rings. The minimum Gasteiger partial charge on any atom is -0.392 e. The normalized spacial score (nSPS) is 26.7. The molecule has 2 unspecified atom stereocenters. The summed E-state index contributed by atoms with van der Waals surface area (Å²) in [6.45, 7) is 0. The van der Waals surface area contributed by atoms with Gasteiger partial charge in [0.25, 0.3) is 0 Å². The minimum atomic E-state index is -3.37. The molecule has 3 N–H and O–H groups in total. The molecule has 0 radical (unpaired) electrons. The van der Waals surface area contributed by atoms with Crippen LogP contribution in [0.1, 0.15) is 19.3 Å². The number of nitrogens with one attached hydrogen (secondary N) is 1. The van der Waals surface area contributed by atoms with E-state index in [0.29, 0.717) is 6.42 Å². The van der Waals surface area contributed by atoms with Gasteiger partial charge in [0.05, 0.1) is 11.1 Å². The maximum atomic E-state index is 11.5. The van der Waals surface area contributed by atoms with Gasteiger partial charge in [0, 0.05) is 13.2 Å². The van der Waals surface area contributed by atoms with Crippen molar-refractivity contribution in [2.75, 3.05) is 12.9 Å². The fourth-order valence-electron chi connectivity index (χ4n) is 1.74. The Morgan fingerprint density at radius 2 is 2.27 bits per heavy atom. The first-order valence-corrected chi connectivity index (χ1v) is 6.80. The predicted octanol–water partition coefficient (Wildman–Crippen LogP) is -0.241. The first kappa shape index (κ1) is 12.8. The third-order valence-electron chi connectivity index (χ3n) is 2.40. The summed E-state index contributed by atoms with van der Waals surface area (Å²) in [7, 11) is -1.73. The number of thiocarbonyl (C=S) groups is 1. The third kappa shape index (κ3) is 4.42. The van der Waals surface area contributed by atoms with Gasteiger partial charge in [-0.15, -0.1) is 0 Å². The van der Waals surface area contributed by atoms with E-state index in [1.807, 2.05) is 0 Å². The molecule has 1 fully saturated rings. The van der Waals surface area contributed by atoms with Gasteiger partial charge in [-0.1, -0.05) is 12.2 Å². The van der Waals surface area contributed by atoms with Crippen LogP contribution in [0.4, 0.5) is 0 Å². The smallest absolute Gasteiger partial charge is 0.218 e. The van der Waals surface area contributed by atoms with E-state index in [0.717, 1.165) is 12.8 Å². The van der Waals surface area contributed by atoms with Gasteiger partial charge < -0.3 is 10.5 Å². The highest BCUT2D eigenvalue weighted by Gasteiger charge is 2.27. The Kier molecular flexibility index (Phi) is 4.45. The zero-order valence-electron chi connectivity index (χ0n) is 8.60. The molecular weight excluding hydrogens is 236 g/mol. The zero-order chi connectivity index (χ0) is 11.5. The Morgan fingerprint density at radius 3 is 2.73 bits per heavy atom. The topological polar surface area (TPSA) is 81.4 Å². The highest BCUT2D eigenvalue weighted by molar-refractivity contribution is 7.92. The van der Waals surface area contributed by atoms with Crippen LogP contribution in [0, 0.1) is 0 Å². The van der Waals surface area contributed by atoms with Crippen LogP contribution in [-0.4, -0.2) is 38.4 Å². The van der Waals surface area contributed by atoms with Crippen molar-refractivity contribution in [2.45, 2.75) is 31.4 Å². The molecule has 88 valence electrons. The molecule has 0 saturated heterocycles. The second-order valence-electron chi connectivity index (χ2n) is 3.71. The van der Waals surface area contributed by atoms with Gasteiger partial charge >= 0.3 is 0 Å². The van der Waals surface area contributed by atoms with E-state index < -0.39 is 10.0 Å². The highest BCUT2D eigenvalue weighted by Crippen LogP contribution is 2.21. The van der Waals surface area contributed by atoms with E-state index in [-0.39, 0.29) is 22.9 Å². The number of methoxy groups -OCH3 is 1. The molecule has 0 aliphatic heterocycles. The molecule has 0 heterocycles. The van der Waals surface area contributed by atoms with Crippen molar-refractivity contribution in [3.8, 4) is 0 Å². The van der Waals surface area contributed by atoms with Crippen molar-refractivity contribution in [1.29, 1.82) is 0 Å². The SMILES string of the molecule is COC1CCC(NS(=O)(=O)CC(N)=S)C1. The van der Waals surface area contributed by atoms with Crippen molar-refractivity contribution < 1.29 is 13.2 Å². The molecule has 7 heteroatoms. The molecule has 0 aromatic carbocycles. The lowest BCUT2D eigenvalue weighted by molar-refractivity contribution is 0.107. The van der Waals surface area contributed by atoms with Crippen LogP contribution >= 0.6 is 12.2 Å². The van der Waals surface area contributed by atoms with Crippen molar-refractivity contribution in [1.82, 2.24) is 4.72 Å². The fourth-order valence-corrected chi connectivity index (χ4v) is 3.39. The summed E-state index contributed by atoms with van der Waals surface area (Å²) < 4.78 is 30.7. The average molecular weight is 252 g/mol. The number of rotatable bonds is 5. The number of hydrogen-bond donors (Lipinski definition) is 2. The second kappa shape index (κ2) is 5.20. The van der Waals surface area contributed by atoms with Crippen molar-refractivity contribution in [3.63, 3.8) is 0 Å². The lowest BCUT2D eigenvalue weighted by Crippen LogP contribution is -2.38. The molecule has 0 spiro atoms. The largest absolute Gasteiger partial charge is 0.392 e. The molecule has 1 aliphatic carbocycles. The van der Waals surface area contributed by atoms with E-state index in [4.69, 9.17) is 10.5 Å². The molecule has 2 atom stereocenters. The summed E-state index contributed by atoms with van der Waals surface area (Å²) >= 11 is 4.56. The minimum absolute atomic E-state index is 0.0104. The monoisotopic (exact) mass is 252 g/mol. The van der Waals surface area contributed by atoms with Gasteiger partial charge in [-0.3, -0.25) is 0 Å². The predicted molar refractivity (Wildman–Crippen MR) is 62.1 cm³/mol. The van der Waals surface area contributed by atoms with Crippen LogP contribution in [0.3, 0.4) is 0 Å². The lowest BCUT2D eigenvalue weighted by atomic mass is 10.3. The van der Waals surface area contributed by atoms with Crippen LogP contribution in [0.2, 0.25) is 0 Å². The Labute approximate surface area is 95.4 Å². The van der Waals surface area contributed by atoms with Gasteiger partial charge in [0.15, 0.2) is 0 Å². The molecule has 0 aromatic heterocycles. The van der Waals surface area contributed by atoms with E-state index >= 15 is 0 Å². The van der Waals surface area contributed by atoms with Gasteiger partial charge in [-0.25, -0.2) is 13.1 Å².